The van der Waals surface area contributed by atoms with Gasteiger partial charge in [0.2, 0.25) is 10.0 Å². The van der Waals surface area contributed by atoms with Crippen molar-refractivity contribution >= 4 is 22.6 Å². The van der Waals surface area contributed by atoms with Crippen molar-refractivity contribution in [2.45, 2.75) is 69.0 Å². The zero-order valence-corrected chi connectivity index (χ0v) is 16.2. The Morgan fingerprint density at radius 2 is 1.70 bits per heavy atom. The summed E-state index contributed by atoms with van der Waals surface area (Å²) in [7, 11) is -5.10. The Kier molecular flexibility index (Phi) is 4.82. The minimum atomic E-state index is -4.90. The van der Waals surface area contributed by atoms with Gasteiger partial charge in [0.05, 0.1) is 16.1 Å². The minimum absolute atomic E-state index is 0.0384. The second-order valence-electron chi connectivity index (χ2n) is 7.73. The van der Waals surface area contributed by atoms with Gasteiger partial charge in [0.25, 0.3) is 0 Å². The number of benzene rings is 1. The number of sulfonamides is 1. The van der Waals surface area contributed by atoms with Crippen molar-refractivity contribution in [1.82, 2.24) is 4.72 Å². The zero-order valence-electron chi connectivity index (χ0n) is 15.4. The lowest BCUT2D eigenvalue weighted by Gasteiger charge is -2.32. The van der Waals surface area contributed by atoms with E-state index in [4.69, 9.17) is 9.31 Å². The zero-order chi connectivity index (χ0) is 20.3. The topological polar surface area (TPSA) is 73.9 Å². The van der Waals surface area contributed by atoms with E-state index < -0.39 is 40.5 Å². The van der Waals surface area contributed by atoms with Crippen molar-refractivity contribution in [3.8, 4) is 5.75 Å². The maximum atomic E-state index is 12.7. The van der Waals surface area contributed by atoms with Crippen LogP contribution in [0.15, 0.2) is 23.1 Å². The normalized spacial score (nSPS) is 22.1. The summed E-state index contributed by atoms with van der Waals surface area (Å²) in [5.41, 5.74) is -1.61. The summed E-state index contributed by atoms with van der Waals surface area (Å²) >= 11 is 0. The maximum absolute atomic E-state index is 12.7. The lowest BCUT2D eigenvalue weighted by molar-refractivity contribution is -0.274. The highest BCUT2D eigenvalue weighted by Crippen LogP contribution is 2.37. The van der Waals surface area contributed by atoms with Gasteiger partial charge in [-0.15, -0.1) is 13.2 Å². The first-order chi connectivity index (χ1) is 12.2. The first kappa shape index (κ1) is 20.4. The molecule has 6 nitrogen and oxygen atoms in total. The van der Waals surface area contributed by atoms with E-state index in [9.17, 15) is 21.6 Å². The van der Waals surface area contributed by atoms with Crippen LogP contribution in [-0.4, -0.2) is 39.1 Å². The average Bonchev–Trinajstić information content (AvgIpc) is 3.23. The molecule has 1 aromatic rings. The molecule has 1 aliphatic carbocycles. The van der Waals surface area contributed by atoms with E-state index in [0.717, 1.165) is 31.0 Å². The van der Waals surface area contributed by atoms with Crippen molar-refractivity contribution in [1.29, 1.82) is 0 Å². The fraction of sp³-hybridized carbons (Fsp3) is 0.625. The lowest BCUT2D eigenvalue weighted by Crippen LogP contribution is -2.41. The maximum Gasteiger partial charge on any atom is 0.573 e. The molecule has 1 saturated heterocycles. The highest BCUT2D eigenvalue weighted by molar-refractivity contribution is 7.89. The predicted octanol–water partition coefficient (Wildman–Crippen LogP) is 2.33. The molecule has 0 unspecified atom stereocenters. The molecule has 0 amide bonds. The molecule has 0 aromatic heterocycles. The van der Waals surface area contributed by atoms with E-state index in [1.807, 2.05) is 0 Å². The number of alkyl halides is 3. The summed E-state index contributed by atoms with van der Waals surface area (Å²) in [4.78, 5) is -0.192. The third-order valence-corrected chi connectivity index (χ3v) is 6.51. The van der Waals surface area contributed by atoms with Gasteiger partial charge >= 0.3 is 13.5 Å². The molecule has 0 spiro atoms. The summed E-state index contributed by atoms with van der Waals surface area (Å²) in [5, 5.41) is 0. The number of hydrogen-bond donors (Lipinski definition) is 1. The Labute approximate surface area is 156 Å². The van der Waals surface area contributed by atoms with Crippen LogP contribution in [0.2, 0.25) is 0 Å². The summed E-state index contributed by atoms with van der Waals surface area (Å²) in [5.74, 6) is -0.544. The molecular weight excluding hydrogens is 386 g/mol. The van der Waals surface area contributed by atoms with E-state index in [1.165, 1.54) is 0 Å². The Morgan fingerprint density at radius 3 is 2.19 bits per heavy atom. The quantitative estimate of drug-likeness (QED) is 0.759. The van der Waals surface area contributed by atoms with Crippen LogP contribution in [0.4, 0.5) is 13.2 Å². The average molecular weight is 407 g/mol. The van der Waals surface area contributed by atoms with Crippen molar-refractivity contribution in [2.75, 3.05) is 0 Å². The molecule has 3 rings (SSSR count). The molecule has 2 aliphatic rings. The minimum Gasteiger partial charge on any atom is -0.406 e. The first-order valence-electron chi connectivity index (χ1n) is 8.48. The number of halogens is 3. The van der Waals surface area contributed by atoms with Crippen LogP contribution in [0.1, 0.15) is 40.5 Å². The van der Waals surface area contributed by atoms with Gasteiger partial charge in [-0.25, -0.2) is 13.1 Å². The van der Waals surface area contributed by atoms with E-state index in [1.54, 1.807) is 27.7 Å². The molecular formula is C16H21BF3NO5S. The Morgan fingerprint density at radius 1 is 1.15 bits per heavy atom. The predicted molar refractivity (Wildman–Crippen MR) is 92.2 cm³/mol. The Bertz CT molecular complexity index is 821. The van der Waals surface area contributed by atoms with E-state index >= 15 is 0 Å². The van der Waals surface area contributed by atoms with Gasteiger partial charge in [-0.05, 0) is 58.7 Å². The molecule has 150 valence electrons. The summed E-state index contributed by atoms with van der Waals surface area (Å²) in [6.07, 6.45) is -3.46. The second-order valence-corrected chi connectivity index (χ2v) is 9.41. The summed E-state index contributed by atoms with van der Waals surface area (Å²) in [6, 6.07) is 2.87. The third kappa shape index (κ3) is 4.42. The Hall–Kier alpha value is -1.30. The number of ether oxygens (including phenoxy) is 1. The molecule has 1 aliphatic heterocycles. The van der Waals surface area contributed by atoms with Crippen molar-refractivity contribution in [3.63, 3.8) is 0 Å². The van der Waals surface area contributed by atoms with Crippen molar-refractivity contribution < 1.29 is 35.6 Å². The van der Waals surface area contributed by atoms with Gasteiger partial charge in [-0.3, -0.25) is 0 Å². The van der Waals surface area contributed by atoms with Crippen LogP contribution in [0, 0.1) is 0 Å². The van der Waals surface area contributed by atoms with Gasteiger partial charge in [0.15, 0.2) is 0 Å². The molecule has 0 radical (unpaired) electrons. The molecule has 1 saturated carbocycles. The highest BCUT2D eigenvalue weighted by atomic mass is 32.2. The summed E-state index contributed by atoms with van der Waals surface area (Å²) in [6.45, 7) is 7.05. The highest BCUT2D eigenvalue weighted by Gasteiger charge is 2.53. The van der Waals surface area contributed by atoms with Gasteiger partial charge in [0, 0.05) is 11.5 Å². The molecule has 27 heavy (non-hydrogen) atoms. The van der Waals surface area contributed by atoms with E-state index in [0.29, 0.717) is 0 Å². The molecule has 11 heteroatoms. The smallest absolute Gasteiger partial charge is 0.406 e. The van der Waals surface area contributed by atoms with Crippen LogP contribution in [0.3, 0.4) is 0 Å². The molecule has 1 N–H and O–H groups in total. The van der Waals surface area contributed by atoms with Crippen LogP contribution in [0.25, 0.3) is 0 Å². The summed E-state index contributed by atoms with van der Waals surface area (Å²) < 4.78 is 81.3. The first-order valence-corrected chi connectivity index (χ1v) is 9.96. The van der Waals surface area contributed by atoms with Crippen LogP contribution < -0.4 is 14.9 Å². The van der Waals surface area contributed by atoms with Crippen LogP contribution in [0.5, 0.6) is 5.75 Å². The fourth-order valence-corrected chi connectivity index (χ4v) is 4.12. The second kappa shape index (κ2) is 6.36. The van der Waals surface area contributed by atoms with Gasteiger partial charge in [-0.1, -0.05) is 0 Å². The third-order valence-electron chi connectivity index (χ3n) is 4.91. The van der Waals surface area contributed by atoms with Crippen molar-refractivity contribution in [2.24, 2.45) is 0 Å². The van der Waals surface area contributed by atoms with E-state index in [2.05, 4.69) is 9.46 Å². The largest absolute Gasteiger partial charge is 0.573 e. The SMILES string of the molecule is CC1(C)OB(c2cc(OC(F)(F)F)ccc2S(=O)(=O)NC2CC2)OC1(C)C. The van der Waals surface area contributed by atoms with E-state index in [-0.39, 0.29) is 16.4 Å². The standard InChI is InChI=1S/C16H21BF3NO5S/c1-14(2)15(3,4)26-17(25-14)12-9-11(24-16(18,19)20)7-8-13(12)27(22,23)21-10-5-6-10/h7-10,21H,5-6H2,1-4H3. The monoisotopic (exact) mass is 407 g/mol. The molecule has 2 fully saturated rings. The van der Waals surface area contributed by atoms with Gasteiger partial charge in [-0.2, -0.15) is 0 Å². The van der Waals surface area contributed by atoms with Crippen LogP contribution in [-0.2, 0) is 19.3 Å². The number of hydrogen-bond acceptors (Lipinski definition) is 5. The number of nitrogens with one attached hydrogen (secondary N) is 1. The van der Waals surface area contributed by atoms with Gasteiger partial charge < -0.3 is 14.0 Å². The molecule has 1 heterocycles. The molecule has 1 aromatic carbocycles. The molecule has 0 atom stereocenters. The molecule has 0 bridgehead atoms. The van der Waals surface area contributed by atoms with Gasteiger partial charge in [0.1, 0.15) is 5.75 Å². The van der Waals surface area contributed by atoms with Crippen molar-refractivity contribution in [3.05, 3.63) is 18.2 Å². The number of rotatable bonds is 5. The van der Waals surface area contributed by atoms with Crippen LogP contribution >= 0.6 is 0 Å². The fourth-order valence-electron chi connectivity index (χ4n) is 2.61. The Balaban J connectivity index is 2.03. The lowest BCUT2D eigenvalue weighted by atomic mass is 9.79.